The van der Waals surface area contributed by atoms with Crippen molar-refractivity contribution < 1.29 is 18.7 Å². The summed E-state index contributed by atoms with van der Waals surface area (Å²) in [4.78, 5) is 21.4. The lowest BCUT2D eigenvalue weighted by Crippen LogP contribution is -2.09. The van der Waals surface area contributed by atoms with Gasteiger partial charge in [0.25, 0.3) is 0 Å². The van der Waals surface area contributed by atoms with E-state index in [9.17, 15) is 14.0 Å². The van der Waals surface area contributed by atoms with Crippen LogP contribution in [0.4, 0.5) is 4.39 Å². The number of carbonyl (C=O) groups excluding carboxylic acids is 2. The lowest BCUT2D eigenvalue weighted by atomic mass is 10.1. The zero-order chi connectivity index (χ0) is 9.14. The Morgan fingerprint density at radius 1 is 1.67 bits per heavy atom. The summed E-state index contributed by atoms with van der Waals surface area (Å²) in [5.74, 6) is -2.13. The van der Waals surface area contributed by atoms with E-state index in [1.807, 2.05) is 0 Å². The molecule has 64 valence electrons. The molecule has 0 N–H and O–H groups in total. The summed E-state index contributed by atoms with van der Waals surface area (Å²) in [5.41, 5.74) is 0.0922. The number of ether oxygens (including phenoxy) is 1. The summed E-state index contributed by atoms with van der Waals surface area (Å²) in [6, 6.07) is 0. The Balaban J connectivity index is 2.85. The summed E-state index contributed by atoms with van der Waals surface area (Å²) in [6.45, 7) is 0. The van der Waals surface area contributed by atoms with Gasteiger partial charge in [0.15, 0.2) is 11.6 Å². The molecule has 0 saturated carbocycles. The van der Waals surface area contributed by atoms with Gasteiger partial charge in [-0.25, -0.2) is 9.18 Å². The molecule has 0 bridgehead atoms. The first-order valence-corrected chi connectivity index (χ1v) is 3.34. The van der Waals surface area contributed by atoms with Gasteiger partial charge in [-0.3, -0.25) is 4.79 Å². The predicted molar refractivity (Wildman–Crippen MR) is 38.9 cm³/mol. The van der Waals surface area contributed by atoms with Crippen LogP contribution >= 0.6 is 0 Å². The third kappa shape index (κ3) is 1.58. The first-order valence-electron chi connectivity index (χ1n) is 3.34. The molecule has 0 fully saturated rings. The van der Waals surface area contributed by atoms with Crippen molar-refractivity contribution >= 4 is 11.8 Å². The van der Waals surface area contributed by atoms with Crippen molar-refractivity contribution in [2.24, 2.45) is 0 Å². The van der Waals surface area contributed by atoms with E-state index in [1.54, 1.807) is 0 Å². The second kappa shape index (κ2) is 3.30. The molecule has 0 atom stereocenters. The fourth-order valence-electron chi connectivity index (χ4n) is 0.836. The van der Waals surface area contributed by atoms with Crippen LogP contribution in [0.15, 0.2) is 23.6 Å². The maximum Gasteiger partial charge on any atom is 0.337 e. The van der Waals surface area contributed by atoms with Crippen LogP contribution in [0, 0.1) is 0 Å². The quantitative estimate of drug-likeness (QED) is 0.549. The van der Waals surface area contributed by atoms with Crippen LogP contribution in [0.25, 0.3) is 0 Å². The van der Waals surface area contributed by atoms with Crippen molar-refractivity contribution in [3.63, 3.8) is 0 Å². The lowest BCUT2D eigenvalue weighted by Gasteiger charge is -2.04. The average Bonchev–Trinajstić information content (AvgIpc) is 2.08. The van der Waals surface area contributed by atoms with Crippen LogP contribution < -0.4 is 0 Å². The standard InChI is InChI=1S/C8H7FO3/c1-12-8(11)5-2-3-7(10)6(9)4-5/h2,4H,3H2,1H3. The second-order valence-corrected chi connectivity index (χ2v) is 2.27. The maximum absolute atomic E-state index is 12.6. The van der Waals surface area contributed by atoms with E-state index in [0.717, 1.165) is 6.08 Å². The van der Waals surface area contributed by atoms with Gasteiger partial charge < -0.3 is 4.74 Å². The topological polar surface area (TPSA) is 43.4 Å². The molecular weight excluding hydrogens is 163 g/mol. The summed E-state index contributed by atoms with van der Waals surface area (Å²) in [7, 11) is 1.20. The van der Waals surface area contributed by atoms with Gasteiger partial charge in [0.1, 0.15) is 0 Å². The first-order chi connectivity index (χ1) is 5.65. The molecule has 0 unspecified atom stereocenters. The van der Waals surface area contributed by atoms with Crippen molar-refractivity contribution in [2.45, 2.75) is 6.42 Å². The largest absolute Gasteiger partial charge is 0.465 e. The molecule has 0 radical (unpaired) electrons. The molecule has 4 heteroatoms. The van der Waals surface area contributed by atoms with Crippen molar-refractivity contribution in [2.75, 3.05) is 7.11 Å². The van der Waals surface area contributed by atoms with Crippen LogP contribution in [-0.4, -0.2) is 18.9 Å². The minimum atomic E-state index is -0.891. The van der Waals surface area contributed by atoms with Crippen LogP contribution in [-0.2, 0) is 14.3 Å². The molecule has 0 amide bonds. The minimum absolute atomic E-state index is 0.0766. The Kier molecular flexibility index (Phi) is 2.38. The third-order valence-electron chi connectivity index (χ3n) is 1.48. The summed E-state index contributed by atoms with van der Waals surface area (Å²) in [6.07, 6.45) is 2.15. The number of rotatable bonds is 1. The lowest BCUT2D eigenvalue weighted by molar-refractivity contribution is -0.135. The molecule has 12 heavy (non-hydrogen) atoms. The van der Waals surface area contributed by atoms with Crippen LogP contribution in [0.3, 0.4) is 0 Å². The number of hydrogen-bond donors (Lipinski definition) is 0. The van der Waals surface area contributed by atoms with Gasteiger partial charge in [0, 0.05) is 6.42 Å². The highest BCUT2D eigenvalue weighted by Gasteiger charge is 2.17. The maximum atomic E-state index is 12.6. The van der Waals surface area contributed by atoms with Crippen LogP contribution in [0.1, 0.15) is 6.42 Å². The monoisotopic (exact) mass is 170 g/mol. The van der Waals surface area contributed by atoms with Crippen molar-refractivity contribution in [3.8, 4) is 0 Å². The highest BCUT2D eigenvalue weighted by atomic mass is 19.1. The minimum Gasteiger partial charge on any atom is -0.465 e. The summed E-state index contributed by atoms with van der Waals surface area (Å²) >= 11 is 0. The fourth-order valence-corrected chi connectivity index (χ4v) is 0.836. The number of esters is 1. The number of hydrogen-bond acceptors (Lipinski definition) is 3. The van der Waals surface area contributed by atoms with Gasteiger partial charge >= 0.3 is 5.97 Å². The van der Waals surface area contributed by atoms with Gasteiger partial charge in [-0.2, -0.15) is 0 Å². The second-order valence-electron chi connectivity index (χ2n) is 2.27. The smallest absolute Gasteiger partial charge is 0.337 e. The zero-order valence-corrected chi connectivity index (χ0v) is 6.46. The summed E-state index contributed by atoms with van der Waals surface area (Å²) < 4.78 is 16.9. The van der Waals surface area contributed by atoms with Crippen LogP contribution in [0.5, 0.6) is 0 Å². The van der Waals surface area contributed by atoms with E-state index in [0.29, 0.717) is 0 Å². The molecule has 3 nitrogen and oxygen atoms in total. The number of carbonyl (C=O) groups is 2. The van der Waals surface area contributed by atoms with Crippen LogP contribution in [0.2, 0.25) is 0 Å². The third-order valence-corrected chi connectivity index (χ3v) is 1.48. The molecular formula is C8H7FO3. The molecule has 0 saturated heterocycles. The summed E-state index contributed by atoms with van der Waals surface area (Å²) in [5, 5.41) is 0. The van der Waals surface area contributed by atoms with Crippen molar-refractivity contribution in [1.29, 1.82) is 0 Å². The number of ketones is 1. The Morgan fingerprint density at radius 3 is 2.83 bits per heavy atom. The molecule has 0 aromatic heterocycles. The molecule has 1 aliphatic carbocycles. The molecule has 0 aliphatic heterocycles. The zero-order valence-electron chi connectivity index (χ0n) is 6.46. The van der Waals surface area contributed by atoms with E-state index in [-0.39, 0.29) is 12.0 Å². The molecule has 1 rings (SSSR count). The van der Waals surface area contributed by atoms with E-state index in [1.165, 1.54) is 13.2 Å². The van der Waals surface area contributed by atoms with E-state index in [4.69, 9.17) is 0 Å². The Labute approximate surface area is 68.5 Å². The van der Waals surface area contributed by atoms with Gasteiger partial charge in [-0.05, 0) is 6.08 Å². The predicted octanol–water partition coefficient (Wildman–Crippen LogP) is 0.912. The normalized spacial score (nSPS) is 16.7. The number of halogens is 1. The number of Topliss-reactive ketones (excluding diaryl/α,β-unsaturated/α-hetero) is 1. The van der Waals surface area contributed by atoms with Crippen molar-refractivity contribution in [3.05, 3.63) is 23.6 Å². The molecule has 0 spiro atoms. The Morgan fingerprint density at radius 2 is 2.33 bits per heavy atom. The Bertz CT molecular complexity index is 289. The molecule has 0 aromatic rings. The SMILES string of the molecule is COC(=O)C1=CCC(=O)C(F)=C1. The highest BCUT2D eigenvalue weighted by Crippen LogP contribution is 2.15. The molecule has 0 aromatic carbocycles. The van der Waals surface area contributed by atoms with E-state index in [2.05, 4.69) is 4.74 Å². The molecule has 1 aliphatic rings. The van der Waals surface area contributed by atoms with E-state index < -0.39 is 17.6 Å². The number of allylic oxidation sites excluding steroid dienone is 2. The van der Waals surface area contributed by atoms with E-state index >= 15 is 0 Å². The van der Waals surface area contributed by atoms with Gasteiger partial charge in [0.05, 0.1) is 12.7 Å². The van der Waals surface area contributed by atoms with Gasteiger partial charge in [-0.15, -0.1) is 0 Å². The first kappa shape index (κ1) is 8.64. The average molecular weight is 170 g/mol. The molecule has 0 heterocycles. The Hall–Kier alpha value is -1.45. The van der Waals surface area contributed by atoms with Gasteiger partial charge in [-0.1, -0.05) is 6.08 Å². The van der Waals surface area contributed by atoms with Gasteiger partial charge in [0.2, 0.25) is 0 Å². The highest BCUT2D eigenvalue weighted by molar-refractivity contribution is 6.02. The van der Waals surface area contributed by atoms with Crippen molar-refractivity contribution in [1.82, 2.24) is 0 Å². The fraction of sp³-hybridized carbons (Fsp3) is 0.250. The number of methoxy groups -OCH3 is 1.